The Bertz CT molecular complexity index is 554. The number of carbonyl (C=O) groups excluding carboxylic acids is 1. The van der Waals surface area contributed by atoms with E-state index in [1.54, 1.807) is 0 Å². The number of hydrogen-bond donors (Lipinski definition) is 1. The van der Waals surface area contributed by atoms with Crippen molar-refractivity contribution in [2.45, 2.75) is 31.9 Å². The average molecular weight is 283 g/mol. The minimum absolute atomic E-state index is 0.134. The highest BCUT2D eigenvalue weighted by atomic mass is 16.5. The number of hydrogen-bond acceptors (Lipinski definition) is 3. The molecule has 0 aliphatic carbocycles. The fourth-order valence-electron chi connectivity index (χ4n) is 2.19. The van der Waals surface area contributed by atoms with Gasteiger partial charge in [0, 0.05) is 12.5 Å². The highest BCUT2D eigenvalue weighted by Crippen LogP contribution is 2.19. The molecule has 0 aromatic heterocycles. The second-order valence-corrected chi connectivity index (χ2v) is 5.10. The average Bonchev–Trinajstić information content (AvgIpc) is 2.54. The summed E-state index contributed by atoms with van der Waals surface area (Å²) in [6.45, 7) is 1.88. The van der Waals surface area contributed by atoms with Crippen LogP contribution >= 0.6 is 0 Å². The van der Waals surface area contributed by atoms with Crippen LogP contribution in [0.1, 0.15) is 43.0 Å². The zero-order valence-corrected chi connectivity index (χ0v) is 12.2. The molecule has 2 unspecified atom stereocenters. The van der Waals surface area contributed by atoms with Gasteiger partial charge in [0.2, 0.25) is 0 Å². The van der Waals surface area contributed by atoms with Crippen molar-refractivity contribution < 1.29 is 9.53 Å². The largest absolute Gasteiger partial charge is 0.458 e. The zero-order chi connectivity index (χ0) is 15.1. The molecule has 0 spiro atoms. The summed E-state index contributed by atoms with van der Waals surface area (Å²) in [5, 5.41) is 0. The van der Waals surface area contributed by atoms with Gasteiger partial charge in [-0.2, -0.15) is 0 Å². The van der Waals surface area contributed by atoms with E-state index >= 15 is 0 Å². The molecule has 0 aliphatic rings. The molecule has 3 heteroatoms. The summed E-state index contributed by atoms with van der Waals surface area (Å²) in [6, 6.07) is 19.4. The van der Waals surface area contributed by atoms with E-state index in [1.807, 2.05) is 67.6 Å². The normalized spacial score (nSPS) is 13.4. The minimum atomic E-state index is -0.230. The monoisotopic (exact) mass is 283 g/mol. The summed E-state index contributed by atoms with van der Waals surface area (Å²) in [7, 11) is 0. The first-order chi connectivity index (χ1) is 10.2. The number of rotatable bonds is 6. The van der Waals surface area contributed by atoms with Crippen LogP contribution < -0.4 is 5.73 Å². The summed E-state index contributed by atoms with van der Waals surface area (Å²) in [4.78, 5) is 11.9. The van der Waals surface area contributed by atoms with E-state index < -0.39 is 0 Å². The van der Waals surface area contributed by atoms with Crippen LogP contribution in [0.4, 0.5) is 0 Å². The Morgan fingerprint density at radius 2 is 1.52 bits per heavy atom. The van der Waals surface area contributed by atoms with Crippen LogP contribution in [0.15, 0.2) is 60.7 Å². The molecule has 2 aromatic rings. The second kappa shape index (κ2) is 7.60. The van der Waals surface area contributed by atoms with Crippen LogP contribution in [0.3, 0.4) is 0 Å². The third-order valence-electron chi connectivity index (χ3n) is 3.46. The van der Waals surface area contributed by atoms with E-state index in [-0.39, 0.29) is 18.1 Å². The van der Waals surface area contributed by atoms with Crippen molar-refractivity contribution >= 4 is 5.97 Å². The molecule has 0 aliphatic heterocycles. The van der Waals surface area contributed by atoms with E-state index in [1.165, 1.54) is 0 Å². The lowest BCUT2D eigenvalue weighted by Gasteiger charge is -2.15. The molecule has 0 saturated carbocycles. The lowest BCUT2D eigenvalue weighted by molar-refractivity contribution is -0.148. The molecule has 2 N–H and O–H groups in total. The topological polar surface area (TPSA) is 52.3 Å². The van der Waals surface area contributed by atoms with Gasteiger partial charge in [0.05, 0.1) is 0 Å². The van der Waals surface area contributed by atoms with Gasteiger partial charge in [-0.3, -0.25) is 4.79 Å². The number of benzene rings is 2. The van der Waals surface area contributed by atoms with Gasteiger partial charge in [0.25, 0.3) is 0 Å². The molecule has 110 valence electrons. The van der Waals surface area contributed by atoms with E-state index in [0.717, 1.165) is 11.1 Å². The first kappa shape index (κ1) is 15.3. The maximum atomic E-state index is 11.9. The standard InChI is InChI=1S/C18H21NO2/c1-14(15-8-4-2-5-9-15)21-18(20)13-12-17(19)16-10-6-3-7-11-16/h2-11,14,17H,12-13,19H2,1H3. The van der Waals surface area contributed by atoms with Gasteiger partial charge in [0.15, 0.2) is 0 Å². The van der Waals surface area contributed by atoms with Crippen LogP contribution in [0, 0.1) is 0 Å². The van der Waals surface area contributed by atoms with Crippen LogP contribution in [-0.2, 0) is 9.53 Å². The van der Waals surface area contributed by atoms with Crippen LogP contribution in [-0.4, -0.2) is 5.97 Å². The molecule has 2 rings (SSSR count). The first-order valence-electron chi connectivity index (χ1n) is 7.22. The fourth-order valence-corrected chi connectivity index (χ4v) is 2.19. The van der Waals surface area contributed by atoms with E-state index in [0.29, 0.717) is 12.8 Å². The number of esters is 1. The lowest BCUT2D eigenvalue weighted by Crippen LogP contribution is -2.14. The first-order valence-corrected chi connectivity index (χ1v) is 7.22. The highest BCUT2D eigenvalue weighted by molar-refractivity contribution is 5.69. The summed E-state index contributed by atoms with van der Waals surface area (Å²) in [5.74, 6) is -0.210. The third-order valence-corrected chi connectivity index (χ3v) is 3.46. The number of ether oxygens (including phenoxy) is 1. The van der Waals surface area contributed by atoms with Crippen molar-refractivity contribution in [3.8, 4) is 0 Å². The molecule has 2 atom stereocenters. The Labute approximate surface area is 125 Å². The third kappa shape index (κ3) is 4.72. The van der Waals surface area contributed by atoms with Crippen molar-refractivity contribution in [2.24, 2.45) is 5.73 Å². The van der Waals surface area contributed by atoms with Crippen LogP contribution in [0.25, 0.3) is 0 Å². The Morgan fingerprint density at radius 3 is 2.10 bits per heavy atom. The van der Waals surface area contributed by atoms with Gasteiger partial charge in [0.1, 0.15) is 6.10 Å². The van der Waals surface area contributed by atoms with Crippen LogP contribution in [0.5, 0.6) is 0 Å². The fraction of sp³-hybridized carbons (Fsp3) is 0.278. The van der Waals surface area contributed by atoms with E-state index in [9.17, 15) is 4.79 Å². The van der Waals surface area contributed by atoms with Crippen molar-refractivity contribution in [1.29, 1.82) is 0 Å². The Kier molecular flexibility index (Phi) is 5.52. The molecule has 2 aromatic carbocycles. The van der Waals surface area contributed by atoms with Crippen molar-refractivity contribution in [1.82, 2.24) is 0 Å². The van der Waals surface area contributed by atoms with Gasteiger partial charge in [-0.25, -0.2) is 0 Å². The molecule has 0 bridgehead atoms. The highest BCUT2D eigenvalue weighted by Gasteiger charge is 2.13. The van der Waals surface area contributed by atoms with E-state index in [2.05, 4.69) is 0 Å². The maximum absolute atomic E-state index is 11.9. The van der Waals surface area contributed by atoms with Gasteiger partial charge in [-0.1, -0.05) is 60.7 Å². The predicted octanol–water partition coefficient (Wildman–Crippen LogP) is 3.77. The Balaban J connectivity index is 1.80. The molecular formula is C18H21NO2. The Hall–Kier alpha value is -2.13. The Morgan fingerprint density at radius 1 is 1.00 bits per heavy atom. The molecular weight excluding hydrogens is 262 g/mol. The van der Waals surface area contributed by atoms with Crippen molar-refractivity contribution in [3.63, 3.8) is 0 Å². The van der Waals surface area contributed by atoms with Gasteiger partial charge < -0.3 is 10.5 Å². The summed E-state index contributed by atoms with van der Waals surface area (Å²) < 4.78 is 5.43. The molecule has 0 saturated heterocycles. The summed E-state index contributed by atoms with van der Waals surface area (Å²) in [5.41, 5.74) is 8.12. The number of nitrogens with two attached hydrogens (primary N) is 1. The minimum Gasteiger partial charge on any atom is -0.458 e. The molecule has 0 fully saturated rings. The lowest BCUT2D eigenvalue weighted by atomic mass is 10.0. The van der Waals surface area contributed by atoms with Gasteiger partial charge in [-0.05, 0) is 24.5 Å². The zero-order valence-electron chi connectivity index (χ0n) is 12.2. The maximum Gasteiger partial charge on any atom is 0.306 e. The van der Waals surface area contributed by atoms with Gasteiger partial charge in [-0.15, -0.1) is 0 Å². The van der Waals surface area contributed by atoms with Crippen molar-refractivity contribution in [3.05, 3.63) is 71.8 Å². The molecule has 3 nitrogen and oxygen atoms in total. The van der Waals surface area contributed by atoms with Gasteiger partial charge >= 0.3 is 5.97 Å². The quantitative estimate of drug-likeness (QED) is 0.821. The summed E-state index contributed by atoms with van der Waals surface area (Å²) >= 11 is 0. The summed E-state index contributed by atoms with van der Waals surface area (Å²) in [6.07, 6.45) is 0.684. The van der Waals surface area contributed by atoms with Crippen molar-refractivity contribution in [2.75, 3.05) is 0 Å². The second-order valence-electron chi connectivity index (χ2n) is 5.10. The predicted molar refractivity (Wildman–Crippen MR) is 83.6 cm³/mol. The molecule has 0 heterocycles. The molecule has 0 amide bonds. The smallest absolute Gasteiger partial charge is 0.306 e. The molecule has 21 heavy (non-hydrogen) atoms. The number of carbonyl (C=O) groups is 1. The molecule has 0 radical (unpaired) electrons. The van der Waals surface area contributed by atoms with E-state index in [4.69, 9.17) is 10.5 Å². The van der Waals surface area contributed by atoms with Crippen LogP contribution in [0.2, 0.25) is 0 Å². The SMILES string of the molecule is CC(OC(=O)CCC(N)c1ccccc1)c1ccccc1.